The summed E-state index contributed by atoms with van der Waals surface area (Å²) >= 11 is 1.49. The molecule has 0 bridgehead atoms. The number of carbonyl (C=O) groups excluding carboxylic acids is 1. The summed E-state index contributed by atoms with van der Waals surface area (Å²) in [6.07, 6.45) is 6.30. The van der Waals surface area contributed by atoms with E-state index in [9.17, 15) is 4.79 Å². The molecule has 0 radical (unpaired) electrons. The fraction of sp³-hybridized carbons (Fsp3) is 0.300. The van der Waals surface area contributed by atoms with Crippen molar-refractivity contribution in [3.8, 4) is 21.8 Å². The normalized spacial score (nSPS) is 12.6. The van der Waals surface area contributed by atoms with Gasteiger partial charge in [-0.25, -0.2) is 14.8 Å². The van der Waals surface area contributed by atoms with Crippen molar-refractivity contribution < 1.29 is 4.79 Å². The topological polar surface area (TPSA) is 102 Å². The van der Waals surface area contributed by atoms with Gasteiger partial charge in [-0.3, -0.25) is 10.00 Å². The lowest BCUT2D eigenvalue weighted by Crippen LogP contribution is -2.27. The molecule has 0 unspecified atom stereocenters. The summed E-state index contributed by atoms with van der Waals surface area (Å²) in [6.45, 7) is 4.46. The number of nitrogen functional groups attached to an aromatic ring is 1. The quantitative estimate of drug-likeness (QED) is 0.643. The van der Waals surface area contributed by atoms with E-state index < -0.39 is 0 Å². The molecule has 0 saturated carbocycles. The third-order valence-electron chi connectivity index (χ3n) is 4.79. The molecule has 3 N–H and O–H groups in total. The molecule has 0 fully saturated rings. The number of nitrogens with one attached hydrogen (secondary N) is 1. The highest BCUT2D eigenvalue weighted by Crippen LogP contribution is 2.42. The molecule has 9 heteroatoms. The molecule has 8 nitrogen and oxygen atoms in total. The predicted molar refractivity (Wildman–Crippen MR) is 116 cm³/mol. The zero-order valence-corrected chi connectivity index (χ0v) is 17.3. The molecule has 0 aliphatic heterocycles. The standard InChI is InChI=1S/C20H23N7OS/c1-4-10-27-17-13(16(25-27)12-8-9-15(21)22-11-12)6-5-7-14-18(17)29-19(23-14)24-20(28)26(2)3/h4,8-9,11H,1,5-7,10H2,2-3H3,(H2,21,22)(H,23,24,28). The number of thiazole rings is 1. The molecule has 4 rings (SSSR count). The monoisotopic (exact) mass is 409 g/mol. The smallest absolute Gasteiger partial charge is 0.323 e. The van der Waals surface area contributed by atoms with Gasteiger partial charge in [-0.1, -0.05) is 17.4 Å². The molecule has 150 valence electrons. The largest absolute Gasteiger partial charge is 0.384 e. The highest BCUT2D eigenvalue weighted by molar-refractivity contribution is 7.19. The van der Waals surface area contributed by atoms with Crippen molar-refractivity contribution in [2.75, 3.05) is 25.1 Å². The first-order valence-electron chi connectivity index (χ1n) is 9.38. The summed E-state index contributed by atoms with van der Waals surface area (Å²) in [6, 6.07) is 3.55. The van der Waals surface area contributed by atoms with Gasteiger partial charge in [0.25, 0.3) is 0 Å². The van der Waals surface area contributed by atoms with Gasteiger partial charge in [-0.05, 0) is 31.4 Å². The van der Waals surface area contributed by atoms with Crippen molar-refractivity contribution in [3.63, 3.8) is 0 Å². The van der Waals surface area contributed by atoms with E-state index >= 15 is 0 Å². The Balaban J connectivity index is 1.84. The number of pyridine rings is 1. The Kier molecular flexibility index (Phi) is 5.06. The first-order chi connectivity index (χ1) is 14.0. The minimum absolute atomic E-state index is 0.192. The SMILES string of the molecule is C=CCn1nc(-c2ccc(N)nc2)c2c1-c1sc(NC(=O)N(C)C)nc1CCC2. The third kappa shape index (κ3) is 3.61. The van der Waals surface area contributed by atoms with Crippen LogP contribution in [0, 0.1) is 0 Å². The number of aryl methyl sites for hydroxylation is 1. The predicted octanol–water partition coefficient (Wildman–Crippen LogP) is 3.42. The molecule has 0 atom stereocenters. The molecule has 2 amide bonds. The van der Waals surface area contributed by atoms with Crippen LogP contribution in [0.1, 0.15) is 17.7 Å². The number of nitrogens with zero attached hydrogens (tertiary/aromatic N) is 5. The van der Waals surface area contributed by atoms with Crippen molar-refractivity contribution in [1.29, 1.82) is 0 Å². The number of hydrogen-bond acceptors (Lipinski definition) is 6. The highest BCUT2D eigenvalue weighted by atomic mass is 32.1. The maximum atomic E-state index is 12.1. The lowest BCUT2D eigenvalue weighted by molar-refractivity contribution is 0.230. The average Bonchev–Trinajstić information content (AvgIpc) is 3.19. The first kappa shape index (κ1) is 19.1. The van der Waals surface area contributed by atoms with Crippen LogP contribution in [0.15, 0.2) is 31.0 Å². The molecule has 3 aromatic heterocycles. The number of aromatic nitrogens is 4. The lowest BCUT2D eigenvalue weighted by atomic mass is 10.0. The van der Waals surface area contributed by atoms with Crippen LogP contribution >= 0.6 is 11.3 Å². The van der Waals surface area contributed by atoms with Crippen molar-refractivity contribution >= 4 is 28.3 Å². The van der Waals surface area contributed by atoms with Gasteiger partial charge in [0.05, 0.1) is 28.5 Å². The van der Waals surface area contributed by atoms with E-state index in [1.165, 1.54) is 21.8 Å². The minimum Gasteiger partial charge on any atom is -0.384 e. The second kappa shape index (κ2) is 7.67. The number of nitrogens with two attached hydrogens (primary N) is 1. The van der Waals surface area contributed by atoms with Gasteiger partial charge in [0, 0.05) is 31.4 Å². The number of amides is 2. The minimum atomic E-state index is -0.192. The molecular formula is C20H23N7OS. The summed E-state index contributed by atoms with van der Waals surface area (Å²) in [5.74, 6) is 0.483. The second-order valence-corrected chi connectivity index (χ2v) is 8.09. The number of urea groups is 1. The van der Waals surface area contributed by atoms with Crippen LogP contribution in [0.5, 0.6) is 0 Å². The summed E-state index contributed by atoms with van der Waals surface area (Å²) in [4.78, 5) is 23.5. The number of fused-ring (bicyclic) bond motifs is 3. The average molecular weight is 410 g/mol. The van der Waals surface area contributed by atoms with E-state index in [1.54, 1.807) is 26.4 Å². The van der Waals surface area contributed by atoms with E-state index in [0.29, 0.717) is 17.5 Å². The maximum Gasteiger partial charge on any atom is 0.323 e. The molecule has 29 heavy (non-hydrogen) atoms. The van der Waals surface area contributed by atoms with Crippen molar-refractivity contribution in [1.82, 2.24) is 24.6 Å². The molecule has 1 aliphatic carbocycles. The van der Waals surface area contributed by atoms with Crippen LogP contribution in [-0.2, 0) is 19.4 Å². The fourth-order valence-electron chi connectivity index (χ4n) is 3.42. The van der Waals surface area contributed by atoms with Gasteiger partial charge < -0.3 is 10.6 Å². The summed E-state index contributed by atoms with van der Waals surface area (Å²) in [5.41, 5.74) is 10.8. The van der Waals surface area contributed by atoms with Gasteiger partial charge in [-0.2, -0.15) is 5.10 Å². The Morgan fingerprint density at radius 2 is 2.24 bits per heavy atom. The van der Waals surface area contributed by atoms with Crippen molar-refractivity contribution in [2.45, 2.75) is 25.8 Å². The summed E-state index contributed by atoms with van der Waals surface area (Å²) in [7, 11) is 3.41. The molecule has 0 aromatic carbocycles. The molecule has 1 aliphatic rings. The number of hydrogen-bond donors (Lipinski definition) is 2. The molecule has 0 spiro atoms. The third-order valence-corrected chi connectivity index (χ3v) is 5.80. The van der Waals surface area contributed by atoms with Gasteiger partial charge in [0.15, 0.2) is 5.13 Å². The van der Waals surface area contributed by atoms with Crippen LogP contribution in [0.2, 0.25) is 0 Å². The van der Waals surface area contributed by atoms with Crippen LogP contribution in [0.4, 0.5) is 15.7 Å². The molecule has 0 saturated heterocycles. The Morgan fingerprint density at radius 1 is 1.41 bits per heavy atom. The molecule has 3 aromatic rings. The Labute approximate surface area is 173 Å². The second-order valence-electron chi connectivity index (χ2n) is 7.09. The zero-order chi connectivity index (χ0) is 20.5. The van der Waals surface area contributed by atoms with E-state index in [4.69, 9.17) is 15.8 Å². The van der Waals surface area contributed by atoms with E-state index in [-0.39, 0.29) is 6.03 Å². The molecule has 3 heterocycles. The van der Waals surface area contributed by atoms with E-state index in [0.717, 1.165) is 46.8 Å². The summed E-state index contributed by atoms with van der Waals surface area (Å²) in [5, 5.41) is 8.34. The number of rotatable bonds is 4. The first-order valence-corrected chi connectivity index (χ1v) is 10.2. The van der Waals surface area contributed by atoms with Crippen molar-refractivity contribution in [3.05, 3.63) is 42.2 Å². The Bertz CT molecular complexity index is 1070. The van der Waals surface area contributed by atoms with Crippen molar-refractivity contribution in [2.24, 2.45) is 0 Å². The van der Waals surface area contributed by atoms with Gasteiger partial charge in [0.2, 0.25) is 0 Å². The fourth-order valence-corrected chi connectivity index (χ4v) is 4.50. The van der Waals surface area contributed by atoms with Gasteiger partial charge >= 0.3 is 6.03 Å². The number of anilines is 2. The molecular weight excluding hydrogens is 386 g/mol. The Hall–Kier alpha value is -3.20. The highest BCUT2D eigenvalue weighted by Gasteiger charge is 2.27. The van der Waals surface area contributed by atoms with E-state index in [2.05, 4.69) is 16.9 Å². The zero-order valence-electron chi connectivity index (χ0n) is 16.5. The number of allylic oxidation sites excluding steroid dienone is 1. The van der Waals surface area contributed by atoms with E-state index in [1.807, 2.05) is 16.8 Å². The van der Waals surface area contributed by atoms with Crippen LogP contribution in [-0.4, -0.2) is 44.8 Å². The number of carbonyl (C=O) groups is 1. The van der Waals surface area contributed by atoms with Crippen LogP contribution < -0.4 is 11.1 Å². The summed E-state index contributed by atoms with van der Waals surface area (Å²) < 4.78 is 1.97. The van der Waals surface area contributed by atoms with Gasteiger partial charge in [-0.15, -0.1) is 6.58 Å². The lowest BCUT2D eigenvalue weighted by Gasteiger charge is -2.09. The maximum absolute atomic E-state index is 12.1. The Morgan fingerprint density at radius 3 is 2.93 bits per heavy atom. The van der Waals surface area contributed by atoms with Crippen LogP contribution in [0.25, 0.3) is 21.8 Å². The van der Waals surface area contributed by atoms with Crippen LogP contribution in [0.3, 0.4) is 0 Å². The van der Waals surface area contributed by atoms with Gasteiger partial charge in [0.1, 0.15) is 5.82 Å².